The lowest BCUT2D eigenvalue weighted by Gasteiger charge is -2.52. The molecular formula is C25H39NO3. The molecule has 0 heterocycles. The Kier molecular flexibility index (Phi) is 5.70. The topological polar surface area (TPSA) is 61.5 Å². The van der Waals surface area contributed by atoms with Gasteiger partial charge in [0.15, 0.2) is 0 Å². The zero-order valence-corrected chi connectivity index (χ0v) is 19.1. The number of ether oxygens (including phenoxy) is 2. The molecule has 0 unspecified atom stereocenters. The standard InChI is InChI=1S/C25H39NO3/c1-22(2,3)25(23(4,5)6,29-21(26)27)19-7-9-20(10-8-19)28-17-24-14-11-18(12-15-24)13-16-24/h7-10,18H,11-17H2,1-6H3,(H2,26,27). The van der Waals surface area contributed by atoms with Gasteiger partial charge in [-0.05, 0) is 62.1 Å². The maximum Gasteiger partial charge on any atom is 0.405 e. The van der Waals surface area contributed by atoms with Gasteiger partial charge in [0.2, 0.25) is 0 Å². The van der Waals surface area contributed by atoms with E-state index in [1.807, 2.05) is 24.3 Å². The van der Waals surface area contributed by atoms with Gasteiger partial charge in [-0.15, -0.1) is 0 Å². The second kappa shape index (κ2) is 7.52. The van der Waals surface area contributed by atoms with Crippen molar-refractivity contribution in [3.05, 3.63) is 29.8 Å². The minimum Gasteiger partial charge on any atom is -0.493 e. The average Bonchev–Trinajstić information content (AvgIpc) is 2.64. The Bertz CT molecular complexity index is 688. The van der Waals surface area contributed by atoms with Gasteiger partial charge in [-0.3, -0.25) is 0 Å². The molecule has 162 valence electrons. The van der Waals surface area contributed by atoms with Crippen molar-refractivity contribution in [1.82, 2.24) is 0 Å². The summed E-state index contributed by atoms with van der Waals surface area (Å²) in [5.74, 6) is 1.84. The molecule has 1 aromatic rings. The van der Waals surface area contributed by atoms with Crippen molar-refractivity contribution in [2.45, 2.75) is 85.7 Å². The van der Waals surface area contributed by atoms with E-state index < -0.39 is 11.7 Å². The van der Waals surface area contributed by atoms with Gasteiger partial charge in [0, 0.05) is 16.2 Å². The quantitative estimate of drug-likeness (QED) is 0.619. The number of hydrogen-bond donors (Lipinski definition) is 1. The predicted molar refractivity (Wildman–Crippen MR) is 117 cm³/mol. The maximum atomic E-state index is 11.9. The van der Waals surface area contributed by atoms with Crippen LogP contribution in [-0.2, 0) is 10.3 Å². The molecular weight excluding hydrogens is 362 g/mol. The molecule has 2 bridgehead atoms. The average molecular weight is 402 g/mol. The Morgan fingerprint density at radius 2 is 1.45 bits per heavy atom. The third kappa shape index (κ3) is 4.13. The van der Waals surface area contributed by atoms with Crippen LogP contribution in [-0.4, -0.2) is 12.7 Å². The number of carbonyl (C=O) groups is 1. The van der Waals surface area contributed by atoms with Crippen molar-refractivity contribution < 1.29 is 14.3 Å². The smallest absolute Gasteiger partial charge is 0.405 e. The highest BCUT2D eigenvalue weighted by Crippen LogP contribution is 2.54. The van der Waals surface area contributed by atoms with Crippen molar-refractivity contribution >= 4 is 6.09 Å². The van der Waals surface area contributed by atoms with E-state index in [-0.39, 0.29) is 10.8 Å². The van der Waals surface area contributed by atoms with Crippen LogP contribution in [0.3, 0.4) is 0 Å². The second-order valence-corrected chi connectivity index (χ2v) is 11.4. The minimum absolute atomic E-state index is 0.345. The van der Waals surface area contributed by atoms with Crippen LogP contribution in [0.2, 0.25) is 0 Å². The molecule has 2 N–H and O–H groups in total. The highest BCUT2D eigenvalue weighted by atomic mass is 16.6. The summed E-state index contributed by atoms with van der Waals surface area (Å²) < 4.78 is 12.1. The van der Waals surface area contributed by atoms with Gasteiger partial charge < -0.3 is 15.2 Å². The lowest BCUT2D eigenvalue weighted by molar-refractivity contribution is -0.145. The van der Waals surface area contributed by atoms with E-state index in [0.717, 1.165) is 23.8 Å². The maximum absolute atomic E-state index is 11.9. The molecule has 3 saturated carbocycles. The number of carbonyl (C=O) groups excluding carboxylic acids is 1. The number of rotatable bonds is 5. The largest absolute Gasteiger partial charge is 0.493 e. The number of hydrogen-bond acceptors (Lipinski definition) is 3. The summed E-state index contributed by atoms with van der Waals surface area (Å²) in [5.41, 5.74) is 5.29. The highest BCUT2D eigenvalue weighted by Gasteiger charge is 2.55. The van der Waals surface area contributed by atoms with Crippen molar-refractivity contribution in [3.63, 3.8) is 0 Å². The van der Waals surface area contributed by atoms with E-state index in [4.69, 9.17) is 15.2 Å². The lowest BCUT2D eigenvalue weighted by Crippen LogP contribution is -2.54. The fourth-order valence-corrected chi connectivity index (χ4v) is 6.08. The Balaban J connectivity index is 1.83. The van der Waals surface area contributed by atoms with Crippen molar-refractivity contribution in [2.24, 2.45) is 27.9 Å². The van der Waals surface area contributed by atoms with Gasteiger partial charge in [0.1, 0.15) is 11.4 Å². The Labute approximate surface area is 176 Å². The van der Waals surface area contributed by atoms with Crippen molar-refractivity contribution in [3.8, 4) is 5.75 Å². The first-order valence-electron chi connectivity index (χ1n) is 11.1. The molecule has 1 aromatic carbocycles. The summed E-state index contributed by atoms with van der Waals surface area (Å²) in [6.07, 6.45) is 7.27. The molecule has 3 fully saturated rings. The molecule has 4 heteroatoms. The monoisotopic (exact) mass is 401 g/mol. The van der Waals surface area contributed by atoms with Crippen molar-refractivity contribution in [2.75, 3.05) is 6.61 Å². The number of amides is 1. The van der Waals surface area contributed by atoms with E-state index in [1.54, 1.807) is 0 Å². The number of benzene rings is 1. The van der Waals surface area contributed by atoms with E-state index in [1.165, 1.54) is 38.5 Å². The summed E-state index contributed by atoms with van der Waals surface area (Å²) in [7, 11) is 0. The minimum atomic E-state index is -0.856. The molecule has 0 aromatic heterocycles. The highest BCUT2D eigenvalue weighted by molar-refractivity contribution is 5.66. The summed E-state index contributed by atoms with van der Waals surface area (Å²) in [4.78, 5) is 11.9. The summed E-state index contributed by atoms with van der Waals surface area (Å²) in [6.45, 7) is 13.3. The molecule has 4 rings (SSSR count). The van der Waals surface area contributed by atoms with E-state index in [0.29, 0.717) is 5.41 Å². The van der Waals surface area contributed by atoms with Crippen LogP contribution < -0.4 is 10.5 Å². The van der Waals surface area contributed by atoms with Gasteiger partial charge in [-0.2, -0.15) is 0 Å². The molecule has 0 saturated heterocycles. The van der Waals surface area contributed by atoms with Gasteiger partial charge in [-0.1, -0.05) is 53.7 Å². The third-order valence-corrected chi connectivity index (χ3v) is 7.42. The fourth-order valence-electron chi connectivity index (χ4n) is 6.08. The SMILES string of the molecule is CC(C)(C)C(OC(N)=O)(c1ccc(OCC23CCC(CC2)CC3)cc1)C(C)(C)C. The second-order valence-electron chi connectivity index (χ2n) is 11.4. The van der Waals surface area contributed by atoms with Crippen LogP contribution in [0.4, 0.5) is 4.79 Å². The van der Waals surface area contributed by atoms with Gasteiger partial charge in [0.05, 0.1) is 6.61 Å². The Morgan fingerprint density at radius 3 is 1.86 bits per heavy atom. The number of primary amides is 1. The summed E-state index contributed by atoms with van der Waals surface area (Å²) in [6, 6.07) is 8.09. The lowest BCUT2D eigenvalue weighted by atomic mass is 9.59. The molecule has 3 aliphatic carbocycles. The number of fused-ring (bicyclic) bond motifs is 3. The van der Waals surface area contributed by atoms with Crippen molar-refractivity contribution in [1.29, 1.82) is 0 Å². The first kappa shape index (κ1) is 22.0. The third-order valence-electron chi connectivity index (χ3n) is 7.42. The first-order chi connectivity index (χ1) is 13.4. The molecule has 1 amide bonds. The van der Waals surface area contributed by atoms with E-state index in [9.17, 15) is 4.79 Å². The normalized spacial score (nSPS) is 25.0. The van der Waals surface area contributed by atoms with Gasteiger partial charge >= 0.3 is 6.09 Å². The van der Waals surface area contributed by atoms with E-state index in [2.05, 4.69) is 41.5 Å². The molecule has 0 radical (unpaired) electrons. The van der Waals surface area contributed by atoms with E-state index >= 15 is 0 Å². The van der Waals surface area contributed by atoms with Crippen LogP contribution in [0.15, 0.2) is 24.3 Å². The molecule has 0 atom stereocenters. The summed E-state index contributed by atoms with van der Waals surface area (Å²) in [5, 5.41) is 0. The van der Waals surface area contributed by atoms with Crippen LogP contribution in [0.1, 0.15) is 85.6 Å². The molecule has 4 nitrogen and oxygen atoms in total. The fraction of sp³-hybridized carbons (Fsp3) is 0.720. The first-order valence-corrected chi connectivity index (χ1v) is 11.1. The number of nitrogens with two attached hydrogens (primary N) is 1. The summed E-state index contributed by atoms with van der Waals surface area (Å²) >= 11 is 0. The van der Waals surface area contributed by atoms with Crippen LogP contribution in [0.5, 0.6) is 5.75 Å². The van der Waals surface area contributed by atoms with Gasteiger partial charge in [-0.25, -0.2) is 4.79 Å². The van der Waals surface area contributed by atoms with Crippen LogP contribution in [0.25, 0.3) is 0 Å². The Hall–Kier alpha value is -1.71. The zero-order chi connectivity index (χ0) is 21.5. The molecule has 29 heavy (non-hydrogen) atoms. The van der Waals surface area contributed by atoms with Crippen LogP contribution >= 0.6 is 0 Å². The molecule has 0 aliphatic heterocycles. The zero-order valence-electron chi connectivity index (χ0n) is 19.1. The Morgan fingerprint density at radius 1 is 0.966 bits per heavy atom. The molecule has 0 spiro atoms. The van der Waals surface area contributed by atoms with Crippen LogP contribution in [0, 0.1) is 22.2 Å². The molecule has 3 aliphatic rings. The predicted octanol–water partition coefficient (Wildman–Crippen LogP) is 6.42. The van der Waals surface area contributed by atoms with Gasteiger partial charge in [0.25, 0.3) is 0 Å².